The van der Waals surface area contributed by atoms with Crippen molar-refractivity contribution in [3.63, 3.8) is 0 Å². The van der Waals surface area contributed by atoms with Gasteiger partial charge >= 0.3 is 0 Å². The van der Waals surface area contributed by atoms with Crippen molar-refractivity contribution in [3.8, 4) is 0 Å². The van der Waals surface area contributed by atoms with Gasteiger partial charge in [0.1, 0.15) is 0 Å². The molecular formula is C18H30N4O3S. The van der Waals surface area contributed by atoms with E-state index < -0.39 is 10.0 Å². The third kappa shape index (κ3) is 6.93. The average molecular weight is 383 g/mol. The molecule has 1 aromatic carbocycles. The lowest BCUT2D eigenvalue weighted by atomic mass is 9.93. The smallest absolute Gasteiger partial charge is 0.215 e. The van der Waals surface area contributed by atoms with Gasteiger partial charge in [0.2, 0.25) is 10.0 Å². The minimum Gasteiger partial charge on any atom is -0.393 e. The van der Waals surface area contributed by atoms with Crippen LogP contribution in [0.5, 0.6) is 0 Å². The molecule has 0 aromatic heterocycles. The Bertz CT molecular complexity index is 681. The monoisotopic (exact) mass is 382 g/mol. The summed E-state index contributed by atoms with van der Waals surface area (Å²) >= 11 is 0. The van der Waals surface area contributed by atoms with Crippen LogP contribution < -0.4 is 15.4 Å². The van der Waals surface area contributed by atoms with Gasteiger partial charge in [-0.3, -0.25) is 0 Å². The van der Waals surface area contributed by atoms with E-state index in [0.717, 1.165) is 49.3 Å². The van der Waals surface area contributed by atoms with Crippen LogP contribution in [-0.2, 0) is 22.3 Å². The zero-order valence-electron chi connectivity index (χ0n) is 15.5. The molecule has 1 fully saturated rings. The van der Waals surface area contributed by atoms with Crippen LogP contribution in [0.3, 0.4) is 0 Å². The number of hydrogen-bond acceptors (Lipinski definition) is 4. The summed E-state index contributed by atoms with van der Waals surface area (Å²) in [5.41, 5.74) is 1.77. The van der Waals surface area contributed by atoms with E-state index in [1.54, 1.807) is 0 Å². The molecule has 0 saturated heterocycles. The maximum atomic E-state index is 11.6. The second kappa shape index (κ2) is 9.89. The highest BCUT2D eigenvalue weighted by atomic mass is 32.2. The van der Waals surface area contributed by atoms with Crippen molar-refractivity contribution in [1.29, 1.82) is 0 Å². The van der Waals surface area contributed by atoms with Crippen LogP contribution in [-0.4, -0.2) is 45.2 Å². The zero-order valence-corrected chi connectivity index (χ0v) is 16.3. The first-order valence-electron chi connectivity index (χ1n) is 9.13. The summed E-state index contributed by atoms with van der Waals surface area (Å²) in [6.07, 6.45) is 3.38. The summed E-state index contributed by atoms with van der Waals surface area (Å²) in [5, 5.41) is 16.3. The Hall–Kier alpha value is -1.64. The number of benzene rings is 1. The van der Waals surface area contributed by atoms with E-state index in [2.05, 4.69) is 20.3 Å². The minimum atomic E-state index is -3.25. The third-order valence-corrected chi connectivity index (χ3v) is 5.83. The van der Waals surface area contributed by atoms with Crippen LogP contribution in [0.25, 0.3) is 0 Å². The number of aliphatic imine (C=N–C) groups is 1. The molecule has 0 aliphatic heterocycles. The number of aliphatic hydroxyl groups excluding tert-OH is 1. The van der Waals surface area contributed by atoms with Crippen LogP contribution in [0.1, 0.15) is 43.7 Å². The Morgan fingerprint density at radius 2 is 1.77 bits per heavy atom. The molecular weight excluding hydrogens is 352 g/mol. The Labute approximate surface area is 156 Å². The van der Waals surface area contributed by atoms with Crippen molar-refractivity contribution < 1.29 is 13.5 Å². The van der Waals surface area contributed by atoms with Gasteiger partial charge < -0.3 is 15.7 Å². The Balaban J connectivity index is 1.93. The number of hydrogen-bond donors (Lipinski definition) is 4. The molecule has 0 heterocycles. The quantitative estimate of drug-likeness (QED) is 0.418. The molecule has 0 atom stereocenters. The Morgan fingerprint density at radius 3 is 2.35 bits per heavy atom. The highest BCUT2D eigenvalue weighted by Crippen LogP contribution is 2.18. The lowest BCUT2D eigenvalue weighted by molar-refractivity contribution is 0.120. The molecule has 0 radical (unpaired) electrons. The normalized spacial score (nSPS) is 21.4. The van der Waals surface area contributed by atoms with Gasteiger partial charge in [-0.2, -0.15) is 0 Å². The van der Waals surface area contributed by atoms with E-state index in [4.69, 9.17) is 0 Å². The van der Waals surface area contributed by atoms with E-state index in [9.17, 15) is 13.5 Å². The third-order valence-electron chi connectivity index (χ3n) is 4.49. The molecule has 26 heavy (non-hydrogen) atoms. The standard InChI is InChI=1S/C18H30N4O3S/c1-3-20-18(22-16-8-10-17(23)11-9-16)21-12-14-4-6-15(7-5-14)13-26(24,25)19-2/h4-7,16-17,19,23H,3,8-13H2,1-2H3,(H2,20,21,22). The first kappa shape index (κ1) is 20.7. The predicted molar refractivity (Wildman–Crippen MR) is 104 cm³/mol. The summed E-state index contributed by atoms with van der Waals surface area (Å²) in [5.74, 6) is 0.751. The molecule has 0 unspecified atom stereocenters. The topological polar surface area (TPSA) is 103 Å². The second-order valence-electron chi connectivity index (χ2n) is 6.62. The molecule has 7 nitrogen and oxygen atoms in total. The molecule has 4 N–H and O–H groups in total. The zero-order chi connectivity index (χ0) is 19.0. The summed E-state index contributed by atoms with van der Waals surface area (Å²) in [6.45, 7) is 3.32. The molecule has 1 saturated carbocycles. The van der Waals surface area contributed by atoms with E-state index in [-0.39, 0.29) is 11.9 Å². The van der Waals surface area contributed by atoms with Crippen LogP contribution >= 0.6 is 0 Å². The van der Waals surface area contributed by atoms with Gasteiger partial charge in [-0.15, -0.1) is 0 Å². The molecule has 1 aliphatic rings. The van der Waals surface area contributed by atoms with Gasteiger partial charge in [0, 0.05) is 12.6 Å². The summed E-state index contributed by atoms with van der Waals surface area (Å²) in [7, 11) is -1.84. The Kier molecular flexibility index (Phi) is 7.86. The van der Waals surface area contributed by atoms with Crippen molar-refractivity contribution in [2.45, 2.75) is 57.1 Å². The predicted octanol–water partition coefficient (Wildman–Crippen LogP) is 1.09. The van der Waals surface area contributed by atoms with Crippen molar-refractivity contribution in [2.24, 2.45) is 4.99 Å². The highest BCUT2D eigenvalue weighted by Gasteiger charge is 2.19. The van der Waals surface area contributed by atoms with E-state index >= 15 is 0 Å². The maximum Gasteiger partial charge on any atom is 0.215 e. The Morgan fingerprint density at radius 1 is 1.15 bits per heavy atom. The van der Waals surface area contributed by atoms with Crippen molar-refractivity contribution in [2.75, 3.05) is 13.6 Å². The number of rotatable bonds is 7. The first-order valence-corrected chi connectivity index (χ1v) is 10.8. The van der Waals surface area contributed by atoms with Crippen LogP contribution in [0.2, 0.25) is 0 Å². The molecule has 146 valence electrons. The molecule has 1 aliphatic carbocycles. The van der Waals surface area contributed by atoms with Crippen molar-refractivity contribution in [1.82, 2.24) is 15.4 Å². The second-order valence-corrected chi connectivity index (χ2v) is 8.55. The molecule has 0 bridgehead atoms. The molecule has 8 heteroatoms. The lowest BCUT2D eigenvalue weighted by Gasteiger charge is -2.27. The fraction of sp³-hybridized carbons (Fsp3) is 0.611. The van der Waals surface area contributed by atoms with E-state index in [0.29, 0.717) is 12.6 Å². The van der Waals surface area contributed by atoms with Crippen molar-refractivity contribution >= 4 is 16.0 Å². The highest BCUT2D eigenvalue weighted by molar-refractivity contribution is 7.88. The van der Waals surface area contributed by atoms with Gasteiger partial charge in [0.05, 0.1) is 18.4 Å². The van der Waals surface area contributed by atoms with Crippen LogP contribution in [0.15, 0.2) is 29.3 Å². The molecule has 2 rings (SSSR count). The fourth-order valence-corrected chi connectivity index (χ4v) is 3.71. The van der Waals surface area contributed by atoms with Gasteiger partial charge in [-0.25, -0.2) is 18.1 Å². The number of guanidine groups is 1. The number of nitrogens with zero attached hydrogens (tertiary/aromatic N) is 1. The summed E-state index contributed by atoms with van der Waals surface area (Å²) < 4.78 is 25.5. The molecule has 0 spiro atoms. The maximum absolute atomic E-state index is 11.6. The molecule has 1 aromatic rings. The van der Waals surface area contributed by atoms with Crippen LogP contribution in [0, 0.1) is 0 Å². The SMILES string of the molecule is CCNC(=NCc1ccc(CS(=O)(=O)NC)cc1)NC1CCC(O)CC1. The minimum absolute atomic E-state index is 0.0230. The number of nitrogens with one attached hydrogen (secondary N) is 3. The van der Waals surface area contributed by atoms with E-state index in [1.165, 1.54) is 7.05 Å². The largest absolute Gasteiger partial charge is 0.393 e. The van der Waals surface area contributed by atoms with Gasteiger partial charge in [-0.05, 0) is 50.8 Å². The van der Waals surface area contributed by atoms with Gasteiger partial charge in [0.25, 0.3) is 0 Å². The van der Waals surface area contributed by atoms with Crippen LogP contribution in [0.4, 0.5) is 0 Å². The van der Waals surface area contributed by atoms with E-state index in [1.807, 2.05) is 31.2 Å². The lowest BCUT2D eigenvalue weighted by Crippen LogP contribution is -2.45. The van der Waals surface area contributed by atoms with Gasteiger partial charge in [-0.1, -0.05) is 24.3 Å². The fourth-order valence-electron chi connectivity index (χ4n) is 2.94. The summed E-state index contributed by atoms with van der Waals surface area (Å²) in [6, 6.07) is 7.80. The molecule has 0 amide bonds. The first-order chi connectivity index (χ1) is 12.4. The average Bonchev–Trinajstić information content (AvgIpc) is 2.63. The summed E-state index contributed by atoms with van der Waals surface area (Å²) in [4.78, 5) is 4.62. The van der Waals surface area contributed by atoms with Gasteiger partial charge in [0.15, 0.2) is 5.96 Å². The van der Waals surface area contributed by atoms with Crippen molar-refractivity contribution in [3.05, 3.63) is 35.4 Å². The number of sulfonamides is 1. The number of aliphatic hydroxyl groups is 1.